The summed E-state index contributed by atoms with van der Waals surface area (Å²) in [5, 5.41) is 3.48. The Balaban J connectivity index is 1.96. The number of hydrogen-bond donors (Lipinski definition) is 1. The molecule has 2 rings (SSSR count). The normalized spacial score (nSPS) is 10.9. The van der Waals surface area contributed by atoms with Gasteiger partial charge in [0.15, 0.2) is 0 Å². The first kappa shape index (κ1) is 13.1. The molecule has 2 aromatic rings. The molecule has 0 saturated carbocycles. The second-order valence-corrected chi connectivity index (χ2v) is 6.18. The molecule has 1 aromatic carbocycles. The molecule has 0 bridgehead atoms. The highest BCUT2D eigenvalue weighted by Gasteiger charge is 1.99. The minimum Gasteiger partial charge on any atom is -0.380 e. The van der Waals surface area contributed by atoms with Gasteiger partial charge >= 0.3 is 0 Å². The van der Waals surface area contributed by atoms with Gasteiger partial charge in [-0.15, -0.1) is 11.3 Å². The van der Waals surface area contributed by atoms with Gasteiger partial charge in [0, 0.05) is 28.5 Å². The molecule has 0 aliphatic heterocycles. The molecule has 0 fully saturated rings. The molecular formula is C15H20N2S. The molecule has 1 N–H and O–H groups in total. The third-order valence-electron chi connectivity index (χ3n) is 2.69. The van der Waals surface area contributed by atoms with Gasteiger partial charge in [-0.2, -0.15) is 0 Å². The number of rotatable bonds is 5. The molecule has 18 heavy (non-hydrogen) atoms. The average Bonchev–Trinajstić information content (AvgIpc) is 2.72. The maximum absolute atomic E-state index is 3.48. The SMILES string of the molecule is Cc1ccc(CNc2cccc(CN(C)C)c2)s1. The van der Waals surface area contributed by atoms with Crippen molar-refractivity contribution in [3.05, 3.63) is 51.7 Å². The Hall–Kier alpha value is -1.32. The first-order chi connectivity index (χ1) is 8.63. The second kappa shape index (κ2) is 6.03. The van der Waals surface area contributed by atoms with Crippen molar-refractivity contribution in [3.8, 4) is 0 Å². The van der Waals surface area contributed by atoms with Crippen LogP contribution in [-0.2, 0) is 13.1 Å². The predicted molar refractivity (Wildman–Crippen MR) is 80.2 cm³/mol. The van der Waals surface area contributed by atoms with E-state index in [0.29, 0.717) is 0 Å². The van der Waals surface area contributed by atoms with Gasteiger partial charge in [0.25, 0.3) is 0 Å². The molecule has 0 unspecified atom stereocenters. The Morgan fingerprint density at radius 1 is 1.17 bits per heavy atom. The van der Waals surface area contributed by atoms with Crippen LogP contribution in [0.5, 0.6) is 0 Å². The highest BCUT2D eigenvalue weighted by molar-refractivity contribution is 7.11. The molecule has 2 nitrogen and oxygen atoms in total. The van der Waals surface area contributed by atoms with Crippen molar-refractivity contribution in [1.82, 2.24) is 4.90 Å². The summed E-state index contributed by atoms with van der Waals surface area (Å²) in [7, 11) is 4.18. The maximum Gasteiger partial charge on any atom is 0.0494 e. The summed E-state index contributed by atoms with van der Waals surface area (Å²) in [6, 6.07) is 13.0. The number of nitrogens with one attached hydrogen (secondary N) is 1. The molecule has 0 aliphatic carbocycles. The average molecular weight is 260 g/mol. The standard InChI is InChI=1S/C15H20N2S/c1-12-7-8-15(18-12)10-16-14-6-4-5-13(9-14)11-17(2)3/h4-9,16H,10-11H2,1-3H3. The van der Waals surface area contributed by atoms with E-state index in [1.807, 2.05) is 11.3 Å². The molecule has 0 atom stereocenters. The van der Waals surface area contributed by atoms with Gasteiger partial charge < -0.3 is 10.2 Å². The number of benzene rings is 1. The van der Waals surface area contributed by atoms with Gasteiger partial charge in [-0.25, -0.2) is 0 Å². The van der Waals surface area contributed by atoms with Crippen LogP contribution in [0.3, 0.4) is 0 Å². The molecule has 96 valence electrons. The lowest BCUT2D eigenvalue weighted by Gasteiger charge is -2.11. The van der Waals surface area contributed by atoms with E-state index in [0.717, 1.165) is 13.1 Å². The van der Waals surface area contributed by atoms with Gasteiger partial charge in [-0.1, -0.05) is 12.1 Å². The smallest absolute Gasteiger partial charge is 0.0494 e. The van der Waals surface area contributed by atoms with Crippen molar-refractivity contribution < 1.29 is 0 Å². The zero-order valence-electron chi connectivity index (χ0n) is 11.2. The Bertz CT molecular complexity index is 503. The van der Waals surface area contributed by atoms with Gasteiger partial charge in [-0.3, -0.25) is 0 Å². The van der Waals surface area contributed by atoms with Gasteiger partial charge in [-0.05, 0) is 50.8 Å². The number of hydrogen-bond acceptors (Lipinski definition) is 3. The van der Waals surface area contributed by atoms with E-state index in [1.165, 1.54) is 21.0 Å². The predicted octanol–water partition coefficient (Wildman–Crippen LogP) is 3.73. The fourth-order valence-electron chi connectivity index (χ4n) is 1.91. The molecule has 0 aliphatic rings. The summed E-state index contributed by atoms with van der Waals surface area (Å²) in [6.07, 6.45) is 0. The Morgan fingerprint density at radius 2 is 2.00 bits per heavy atom. The van der Waals surface area contributed by atoms with Gasteiger partial charge in [0.2, 0.25) is 0 Å². The van der Waals surface area contributed by atoms with Crippen molar-refractivity contribution in [3.63, 3.8) is 0 Å². The first-order valence-electron chi connectivity index (χ1n) is 6.16. The van der Waals surface area contributed by atoms with Crippen LogP contribution in [0.25, 0.3) is 0 Å². The molecule has 0 spiro atoms. The molecule has 0 saturated heterocycles. The molecule has 1 heterocycles. The summed E-state index contributed by atoms with van der Waals surface area (Å²) >= 11 is 1.85. The van der Waals surface area contributed by atoms with Crippen molar-refractivity contribution in [2.24, 2.45) is 0 Å². The Labute approximate surface area is 113 Å². The summed E-state index contributed by atoms with van der Waals surface area (Å²) in [4.78, 5) is 4.93. The Kier molecular flexibility index (Phi) is 4.39. The monoisotopic (exact) mass is 260 g/mol. The van der Waals surface area contributed by atoms with Crippen LogP contribution in [-0.4, -0.2) is 19.0 Å². The van der Waals surface area contributed by atoms with Crippen LogP contribution in [0.15, 0.2) is 36.4 Å². The molecule has 0 radical (unpaired) electrons. The number of thiophene rings is 1. The highest BCUT2D eigenvalue weighted by atomic mass is 32.1. The third-order valence-corrected chi connectivity index (χ3v) is 3.69. The van der Waals surface area contributed by atoms with Crippen LogP contribution >= 0.6 is 11.3 Å². The first-order valence-corrected chi connectivity index (χ1v) is 6.98. The molecule has 3 heteroatoms. The zero-order valence-corrected chi connectivity index (χ0v) is 12.1. The summed E-state index contributed by atoms with van der Waals surface area (Å²) < 4.78 is 0. The fourth-order valence-corrected chi connectivity index (χ4v) is 2.74. The lowest BCUT2D eigenvalue weighted by atomic mass is 10.2. The van der Waals surface area contributed by atoms with E-state index in [2.05, 4.69) is 67.6 Å². The largest absolute Gasteiger partial charge is 0.380 e. The molecule has 1 aromatic heterocycles. The van der Waals surface area contributed by atoms with E-state index < -0.39 is 0 Å². The van der Waals surface area contributed by atoms with Crippen molar-refractivity contribution in [1.29, 1.82) is 0 Å². The fraction of sp³-hybridized carbons (Fsp3) is 0.333. The topological polar surface area (TPSA) is 15.3 Å². The van der Waals surface area contributed by atoms with Crippen molar-refractivity contribution in [2.45, 2.75) is 20.0 Å². The lowest BCUT2D eigenvalue weighted by molar-refractivity contribution is 0.402. The lowest BCUT2D eigenvalue weighted by Crippen LogP contribution is -2.10. The number of nitrogens with zero attached hydrogens (tertiary/aromatic N) is 1. The molecular weight excluding hydrogens is 240 g/mol. The van der Waals surface area contributed by atoms with E-state index in [9.17, 15) is 0 Å². The van der Waals surface area contributed by atoms with Crippen LogP contribution in [0.1, 0.15) is 15.3 Å². The van der Waals surface area contributed by atoms with Crippen LogP contribution < -0.4 is 5.32 Å². The summed E-state index contributed by atoms with van der Waals surface area (Å²) in [6.45, 7) is 4.03. The minimum atomic E-state index is 0.907. The number of aryl methyl sites for hydroxylation is 1. The van der Waals surface area contributed by atoms with E-state index in [4.69, 9.17) is 0 Å². The zero-order chi connectivity index (χ0) is 13.0. The van der Waals surface area contributed by atoms with E-state index in [1.54, 1.807) is 0 Å². The molecule has 0 amide bonds. The van der Waals surface area contributed by atoms with Gasteiger partial charge in [0.1, 0.15) is 0 Å². The quantitative estimate of drug-likeness (QED) is 0.881. The number of anilines is 1. The Morgan fingerprint density at radius 3 is 2.67 bits per heavy atom. The van der Waals surface area contributed by atoms with Crippen LogP contribution in [0.2, 0.25) is 0 Å². The maximum atomic E-state index is 3.48. The van der Waals surface area contributed by atoms with Crippen molar-refractivity contribution >= 4 is 17.0 Å². The van der Waals surface area contributed by atoms with E-state index in [-0.39, 0.29) is 0 Å². The minimum absolute atomic E-state index is 0.907. The summed E-state index contributed by atoms with van der Waals surface area (Å²) in [5.74, 6) is 0. The third kappa shape index (κ3) is 3.86. The van der Waals surface area contributed by atoms with Crippen molar-refractivity contribution in [2.75, 3.05) is 19.4 Å². The van der Waals surface area contributed by atoms with Crippen LogP contribution in [0.4, 0.5) is 5.69 Å². The highest BCUT2D eigenvalue weighted by Crippen LogP contribution is 2.18. The van der Waals surface area contributed by atoms with Crippen LogP contribution in [0, 0.1) is 6.92 Å². The van der Waals surface area contributed by atoms with E-state index >= 15 is 0 Å². The summed E-state index contributed by atoms with van der Waals surface area (Å²) in [5.41, 5.74) is 2.53. The van der Waals surface area contributed by atoms with Gasteiger partial charge in [0.05, 0.1) is 0 Å². The second-order valence-electron chi connectivity index (χ2n) is 4.80.